The summed E-state index contributed by atoms with van der Waals surface area (Å²) in [4.78, 5) is 0. The Kier molecular flexibility index (Phi) is 33.0. The number of phenols is 7. The predicted octanol–water partition coefficient (Wildman–Crippen LogP) is 21.6. The fourth-order valence-corrected chi connectivity index (χ4v) is 13.4. The summed E-state index contributed by atoms with van der Waals surface area (Å²) in [7, 11) is 0. The van der Waals surface area contributed by atoms with E-state index in [2.05, 4.69) is 66.0 Å². The van der Waals surface area contributed by atoms with E-state index in [9.17, 15) is 44.5 Å². The molecule has 15 rings (SSSR count). The molecule has 0 aliphatic carbocycles. The molecule has 0 saturated carbocycles. The second-order valence-corrected chi connectivity index (χ2v) is 28.3. The van der Waals surface area contributed by atoms with Gasteiger partial charge in [0.15, 0.2) is 28.9 Å². The molecular weight excluding hydrogens is 1570 g/mol. The van der Waals surface area contributed by atoms with Crippen LogP contribution >= 0.6 is 34.8 Å². The fourth-order valence-electron chi connectivity index (χ4n) is 12.9. The second kappa shape index (κ2) is 42.6. The third-order valence-electron chi connectivity index (χ3n) is 18.3. The minimum atomic E-state index is -0.669. The van der Waals surface area contributed by atoms with Crippen LogP contribution in [-0.2, 0) is 6.42 Å². The summed E-state index contributed by atoms with van der Waals surface area (Å²) in [6.45, 7) is 33.3. The highest BCUT2D eigenvalue weighted by molar-refractivity contribution is 6.34. The molecule has 17 N–H and O–H groups in total. The van der Waals surface area contributed by atoms with E-state index in [0.717, 1.165) is 117 Å². The Morgan fingerprint density at radius 1 is 0.347 bits per heavy atom. The minimum Gasteiger partial charge on any atom is -0.508 e. The summed E-state index contributed by atoms with van der Waals surface area (Å²) in [5.41, 5.74) is 42.0. The molecule has 0 saturated heterocycles. The summed E-state index contributed by atoms with van der Waals surface area (Å²) in [5.74, 6) is 6.01. The molecular formula is C94H98Cl3F2N5O14. The van der Waals surface area contributed by atoms with Crippen LogP contribution in [-0.4, -0.2) is 68.5 Å². The van der Waals surface area contributed by atoms with Gasteiger partial charge in [-0.05, 0) is 225 Å². The van der Waals surface area contributed by atoms with Gasteiger partial charge in [0.05, 0.1) is 10.0 Å². The lowest BCUT2D eigenvalue weighted by Crippen LogP contribution is -2.10. The first kappa shape index (κ1) is 91.4. The highest BCUT2D eigenvalue weighted by atomic mass is 35.5. The molecule has 0 spiro atoms. The standard InChI is InChI=1S/C19H18FNO2.C13H13ClO2.C13H14O2.2C12H12ClNO2.C12H12FNO2.C12H13NO2.CH4/c1-12-9-14(7-8-21)15-11-17(20)18(22)16(19(15)23-12)10-13-5-3-2-4-6-13;1-3-4-9-5-10-6-11(14)12(15)7-13(10)16-8(9)2;1-3-4-10-7-11-5-6-12(14)8-13(11)15-9(10)2;1-7-4-8(2-3-14)9-5-10(13)11(15)6-12(9)16-7;1-7-6-8(4-5-14)9-2-3-10(15)11(13)12(9)16-7;1-7-4-8(2-3-14)9-5-10(13)11(15)6-12(9)16-7;1-8-6-9(4-5-13)11-3-2-10(14)7-12(11)15-8;/h2-6,9,11,22H,1,7-8,10,21H2;5-7,15H,2-4H2,1H3;5-8,14H,2-4H2,1H3;4-6,15H,1-3,14H2;2-3,6,15H,1,4-5,14H2;4-6,15H,1-3,14H2;2-3,6-7,14H,1,4-5,13H2;1H4. The summed E-state index contributed by atoms with van der Waals surface area (Å²) in [6, 6.07) is 33.2. The van der Waals surface area contributed by atoms with Gasteiger partial charge in [-0.3, -0.25) is 0 Å². The zero-order chi connectivity index (χ0) is 84.9. The van der Waals surface area contributed by atoms with Gasteiger partial charge in [0.2, 0.25) is 0 Å². The van der Waals surface area contributed by atoms with Gasteiger partial charge in [0.25, 0.3) is 0 Å². The van der Waals surface area contributed by atoms with Gasteiger partial charge in [0.1, 0.15) is 109 Å². The van der Waals surface area contributed by atoms with Crippen molar-refractivity contribution in [3.8, 4) is 80.5 Å². The van der Waals surface area contributed by atoms with E-state index in [4.69, 9.17) is 96.6 Å². The maximum Gasteiger partial charge on any atom is 0.165 e. The highest BCUT2D eigenvalue weighted by Crippen LogP contribution is 2.48. The molecule has 19 nitrogen and oxygen atoms in total. The number of benzene rings is 8. The average Bonchev–Trinajstić information content (AvgIpc) is 0.767. The van der Waals surface area contributed by atoms with Crippen molar-refractivity contribution in [2.24, 2.45) is 28.7 Å². The van der Waals surface area contributed by atoms with Crippen LogP contribution in [0.4, 0.5) is 8.78 Å². The van der Waals surface area contributed by atoms with Crippen molar-refractivity contribution in [3.05, 3.63) is 326 Å². The number of hydrogen-bond acceptors (Lipinski definition) is 19. The van der Waals surface area contributed by atoms with Gasteiger partial charge in [-0.25, -0.2) is 8.78 Å². The Bertz CT molecular complexity index is 5300. The fraction of sp³-hybridized carbons (Fsp3) is 0.191. The number of aromatic hydroxyl groups is 7. The van der Waals surface area contributed by atoms with Gasteiger partial charge in [-0.15, -0.1) is 0 Å². The Balaban J connectivity index is 0.000000172. The molecule has 0 radical (unpaired) electrons. The molecule has 618 valence electrons. The van der Waals surface area contributed by atoms with Crippen LogP contribution in [0.25, 0.3) is 40.0 Å². The number of fused-ring (bicyclic) bond motifs is 7. The van der Waals surface area contributed by atoms with Crippen LogP contribution in [0.1, 0.15) is 129 Å². The van der Waals surface area contributed by atoms with Gasteiger partial charge < -0.3 is 97.6 Å². The van der Waals surface area contributed by atoms with Crippen molar-refractivity contribution < 1.29 is 77.7 Å². The SMILES string of the molecule is C.C=C1C=C(CCN)c2cc(Cl)c(O)cc2O1.C=C1C=C(CCN)c2cc(F)c(O)c(Cc3ccccc3)c2O1.C=C1C=C(CCN)c2cc(F)c(O)cc2O1.C=C1C=C(CCN)c2ccc(O)c(Cl)c2O1.C=C1C=C(CCN)c2ccc(O)cc2O1.C=C1Oc2cc(O)c(Cl)cc2C=C1CCC.C=C1Oc2cc(O)ccc2C=C1CCC. The maximum absolute atomic E-state index is 14.2. The number of nitrogens with two attached hydrogens (primary N) is 5. The maximum atomic E-state index is 14.2. The number of halogens is 5. The molecule has 0 atom stereocenters. The third kappa shape index (κ3) is 23.6. The van der Waals surface area contributed by atoms with E-state index in [-0.39, 0.29) is 46.9 Å². The van der Waals surface area contributed by atoms with Crippen LogP contribution in [0, 0.1) is 11.6 Å². The molecule has 0 fully saturated rings. The lowest BCUT2D eigenvalue weighted by Gasteiger charge is -2.23. The molecule has 0 aromatic heterocycles. The van der Waals surface area contributed by atoms with E-state index >= 15 is 0 Å². The van der Waals surface area contributed by atoms with E-state index in [0.29, 0.717) is 159 Å². The van der Waals surface area contributed by atoms with Crippen molar-refractivity contribution in [3.63, 3.8) is 0 Å². The van der Waals surface area contributed by atoms with Crippen LogP contribution < -0.4 is 61.8 Å². The Labute approximate surface area is 701 Å². The molecule has 7 aliphatic heterocycles. The van der Waals surface area contributed by atoms with Gasteiger partial charge in [-0.2, -0.15) is 0 Å². The average molecular weight is 1670 g/mol. The zero-order valence-electron chi connectivity index (χ0n) is 64.9. The lowest BCUT2D eigenvalue weighted by molar-refractivity contribution is 0.401. The highest BCUT2D eigenvalue weighted by Gasteiger charge is 2.28. The van der Waals surface area contributed by atoms with Crippen molar-refractivity contribution in [2.45, 2.75) is 85.5 Å². The molecule has 8 aromatic rings. The molecule has 0 amide bonds. The number of phenolic OH excluding ortho intramolecular Hbond substituents is 7. The lowest BCUT2D eigenvalue weighted by atomic mass is 9.93. The summed E-state index contributed by atoms with van der Waals surface area (Å²) >= 11 is 17.7. The first-order chi connectivity index (χ1) is 56.0. The molecule has 8 aromatic carbocycles. The quantitative estimate of drug-likeness (QED) is 0.0427. The Hall–Kier alpha value is -12.2. The smallest absolute Gasteiger partial charge is 0.165 e. The van der Waals surface area contributed by atoms with Crippen molar-refractivity contribution in [1.29, 1.82) is 0 Å². The topological polar surface area (TPSA) is 336 Å². The number of rotatable bonds is 16. The third-order valence-corrected chi connectivity index (χ3v) is 19.3. The summed E-state index contributed by atoms with van der Waals surface area (Å²) in [6.07, 6.45) is 20.9. The van der Waals surface area contributed by atoms with Crippen LogP contribution in [0.5, 0.6) is 80.5 Å². The minimum absolute atomic E-state index is 0. The van der Waals surface area contributed by atoms with Crippen LogP contribution in [0.15, 0.2) is 249 Å². The predicted molar refractivity (Wildman–Crippen MR) is 470 cm³/mol. The second-order valence-electron chi connectivity index (χ2n) is 27.1. The monoisotopic (exact) mass is 1660 g/mol. The first-order valence-corrected chi connectivity index (χ1v) is 38.5. The zero-order valence-corrected chi connectivity index (χ0v) is 67.2. The van der Waals surface area contributed by atoms with Crippen molar-refractivity contribution in [1.82, 2.24) is 0 Å². The number of hydrogen-bond donors (Lipinski definition) is 12. The van der Waals surface area contributed by atoms with Crippen LogP contribution in [0.2, 0.25) is 15.1 Å². The molecule has 7 heterocycles. The Morgan fingerprint density at radius 2 is 0.746 bits per heavy atom. The number of allylic oxidation sites excluding steroid dienone is 7. The van der Waals surface area contributed by atoms with E-state index < -0.39 is 17.4 Å². The normalized spacial score (nSPS) is 13.9. The van der Waals surface area contributed by atoms with Crippen molar-refractivity contribution >= 4 is 74.8 Å². The van der Waals surface area contributed by atoms with Crippen molar-refractivity contribution in [2.75, 3.05) is 32.7 Å². The van der Waals surface area contributed by atoms with E-state index in [1.165, 1.54) is 30.3 Å². The first-order valence-electron chi connectivity index (χ1n) is 37.4. The van der Waals surface area contributed by atoms with E-state index in [1.54, 1.807) is 60.7 Å². The molecule has 7 aliphatic rings. The largest absolute Gasteiger partial charge is 0.508 e. The molecule has 118 heavy (non-hydrogen) atoms. The van der Waals surface area contributed by atoms with Gasteiger partial charge in [0, 0.05) is 81.3 Å². The Morgan fingerprint density at radius 3 is 1.26 bits per heavy atom. The summed E-state index contributed by atoms with van der Waals surface area (Å²) < 4.78 is 65.8. The number of ether oxygens (including phenoxy) is 7. The van der Waals surface area contributed by atoms with Crippen LogP contribution in [0.3, 0.4) is 0 Å². The molecule has 0 unspecified atom stereocenters. The van der Waals surface area contributed by atoms with E-state index in [1.807, 2.05) is 66.8 Å². The summed E-state index contributed by atoms with van der Waals surface area (Å²) in [5, 5.41) is 67.4. The molecule has 0 bridgehead atoms. The van der Waals surface area contributed by atoms with Gasteiger partial charge in [-0.1, -0.05) is 145 Å². The van der Waals surface area contributed by atoms with Gasteiger partial charge >= 0.3 is 0 Å². The molecule has 24 heteroatoms.